The van der Waals surface area contributed by atoms with Crippen molar-refractivity contribution in [2.24, 2.45) is 0 Å². The Bertz CT molecular complexity index is 888. The molecule has 0 saturated carbocycles. The first-order valence-corrected chi connectivity index (χ1v) is 7.89. The van der Waals surface area contributed by atoms with Crippen molar-refractivity contribution in [1.82, 2.24) is 10.3 Å². The van der Waals surface area contributed by atoms with Crippen LogP contribution in [0.1, 0.15) is 18.1 Å². The Balaban J connectivity index is 1.72. The number of hydrogen-bond acceptors (Lipinski definition) is 3. The average Bonchev–Trinajstić information content (AvgIpc) is 2.57. The molecule has 1 aromatic heterocycles. The lowest BCUT2D eigenvalue weighted by atomic mass is 10.1. The van der Waals surface area contributed by atoms with Crippen molar-refractivity contribution >= 4 is 10.9 Å². The summed E-state index contributed by atoms with van der Waals surface area (Å²) in [5, 5.41) is 4.16. The van der Waals surface area contributed by atoms with Crippen LogP contribution in [-0.4, -0.2) is 11.6 Å². The molecule has 24 heavy (non-hydrogen) atoms. The highest BCUT2D eigenvalue weighted by molar-refractivity contribution is 5.80. The van der Waals surface area contributed by atoms with Gasteiger partial charge in [-0.25, -0.2) is 4.39 Å². The Hall–Kier alpha value is -2.66. The van der Waals surface area contributed by atoms with Crippen molar-refractivity contribution in [3.8, 4) is 5.75 Å². The summed E-state index contributed by atoms with van der Waals surface area (Å²) in [5.74, 6) is 0.485. The minimum absolute atomic E-state index is 0.122. The Morgan fingerprint density at radius 3 is 2.62 bits per heavy atom. The van der Waals surface area contributed by atoms with Crippen LogP contribution in [0, 0.1) is 5.82 Å². The Kier molecular flexibility index (Phi) is 4.91. The van der Waals surface area contributed by atoms with Crippen molar-refractivity contribution in [2.75, 3.05) is 6.61 Å². The number of halogens is 1. The zero-order chi connectivity index (χ0) is 16.9. The summed E-state index contributed by atoms with van der Waals surface area (Å²) in [6, 6.07) is 13.8. The molecule has 3 rings (SSSR count). The van der Waals surface area contributed by atoms with E-state index >= 15 is 0 Å². The summed E-state index contributed by atoms with van der Waals surface area (Å²) in [4.78, 5) is 15.1. The lowest BCUT2D eigenvalue weighted by molar-refractivity contribution is 0.340. The molecular formula is C19H19FN2O2. The highest BCUT2D eigenvalue weighted by Gasteiger charge is 2.04. The van der Waals surface area contributed by atoms with E-state index in [1.807, 2.05) is 31.2 Å². The van der Waals surface area contributed by atoms with Gasteiger partial charge >= 0.3 is 0 Å². The molecule has 4 nitrogen and oxygen atoms in total. The van der Waals surface area contributed by atoms with Gasteiger partial charge in [-0.3, -0.25) is 4.79 Å². The van der Waals surface area contributed by atoms with E-state index in [2.05, 4.69) is 10.3 Å². The van der Waals surface area contributed by atoms with Crippen LogP contribution >= 0.6 is 0 Å². The fourth-order valence-electron chi connectivity index (χ4n) is 2.56. The van der Waals surface area contributed by atoms with Gasteiger partial charge in [0.1, 0.15) is 11.6 Å². The molecular weight excluding hydrogens is 307 g/mol. The third-order valence-electron chi connectivity index (χ3n) is 3.76. The monoisotopic (exact) mass is 326 g/mol. The third kappa shape index (κ3) is 3.81. The molecule has 0 radical (unpaired) electrons. The van der Waals surface area contributed by atoms with Crippen molar-refractivity contribution in [2.45, 2.75) is 20.0 Å². The first-order valence-electron chi connectivity index (χ1n) is 7.89. The van der Waals surface area contributed by atoms with E-state index in [0.717, 1.165) is 22.2 Å². The van der Waals surface area contributed by atoms with Gasteiger partial charge in [-0.05, 0) is 48.2 Å². The number of aromatic amines is 1. The maximum atomic E-state index is 12.9. The fraction of sp³-hybridized carbons (Fsp3) is 0.211. The van der Waals surface area contributed by atoms with Gasteiger partial charge in [0.15, 0.2) is 0 Å². The molecule has 0 bridgehead atoms. The van der Waals surface area contributed by atoms with Gasteiger partial charge in [-0.15, -0.1) is 0 Å². The Labute approximate surface area is 139 Å². The standard InChI is InChI=1S/C19H19FN2O2/c1-2-24-17-8-5-14-9-15(19(23)22-18(14)10-17)12-21-11-13-3-6-16(20)7-4-13/h3-10,21H,2,11-12H2,1H3,(H,22,23). The van der Waals surface area contributed by atoms with Crippen LogP contribution in [0.5, 0.6) is 5.75 Å². The smallest absolute Gasteiger partial charge is 0.252 e. The van der Waals surface area contributed by atoms with Gasteiger partial charge in [-0.1, -0.05) is 12.1 Å². The second kappa shape index (κ2) is 7.27. The molecule has 0 atom stereocenters. The summed E-state index contributed by atoms with van der Waals surface area (Å²) in [5.41, 5.74) is 2.26. The number of ether oxygens (including phenoxy) is 1. The number of fused-ring (bicyclic) bond motifs is 1. The van der Waals surface area contributed by atoms with Crippen LogP contribution in [0.25, 0.3) is 10.9 Å². The van der Waals surface area contributed by atoms with Gasteiger partial charge in [-0.2, -0.15) is 0 Å². The topological polar surface area (TPSA) is 54.1 Å². The number of aromatic nitrogens is 1. The molecule has 2 aromatic carbocycles. The normalized spacial score (nSPS) is 10.9. The van der Waals surface area contributed by atoms with Gasteiger partial charge in [0.2, 0.25) is 0 Å². The molecule has 0 unspecified atom stereocenters. The lowest BCUT2D eigenvalue weighted by Crippen LogP contribution is -2.20. The van der Waals surface area contributed by atoms with Gasteiger partial charge in [0, 0.05) is 24.7 Å². The summed E-state index contributed by atoms with van der Waals surface area (Å²) in [7, 11) is 0. The summed E-state index contributed by atoms with van der Waals surface area (Å²) in [6.45, 7) is 3.51. The summed E-state index contributed by atoms with van der Waals surface area (Å²) in [6.07, 6.45) is 0. The van der Waals surface area contributed by atoms with Gasteiger partial charge < -0.3 is 15.0 Å². The number of benzene rings is 2. The highest BCUT2D eigenvalue weighted by Crippen LogP contribution is 2.18. The van der Waals surface area contributed by atoms with Crippen molar-refractivity contribution in [1.29, 1.82) is 0 Å². The van der Waals surface area contributed by atoms with Gasteiger partial charge in [0.25, 0.3) is 5.56 Å². The minimum atomic E-state index is -0.254. The van der Waals surface area contributed by atoms with Crippen LogP contribution in [0.15, 0.2) is 53.3 Å². The molecule has 0 aliphatic rings. The molecule has 124 valence electrons. The highest BCUT2D eigenvalue weighted by atomic mass is 19.1. The van der Waals surface area contributed by atoms with E-state index in [0.29, 0.717) is 25.3 Å². The zero-order valence-electron chi connectivity index (χ0n) is 13.4. The first kappa shape index (κ1) is 16.2. The fourth-order valence-corrected chi connectivity index (χ4v) is 2.56. The van der Waals surface area contributed by atoms with Crippen LogP contribution < -0.4 is 15.6 Å². The quantitative estimate of drug-likeness (QED) is 0.730. The third-order valence-corrected chi connectivity index (χ3v) is 3.76. The largest absolute Gasteiger partial charge is 0.494 e. The van der Waals surface area contributed by atoms with Gasteiger partial charge in [0.05, 0.1) is 12.1 Å². The maximum Gasteiger partial charge on any atom is 0.252 e. The van der Waals surface area contributed by atoms with E-state index in [4.69, 9.17) is 4.74 Å². The van der Waals surface area contributed by atoms with Crippen LogP contribution in [0.4, 0.5) is 4.39 Å². The molecule has 3 aromatic rings. The molecule has 0 amide bonds. The SMILES string of the molecule is CCOc1ccc2cc(CNCc3ccc(F)cc3)c(=O)[nH]c2c1. The number of pyridine rings is 1. The molecule has 5 heteroatoms. The van der Waals surface area contributed by atoms with Crippen LogP contribution in [-0.2, 0) is 13.1 Å². The predicted molar refractivity (Wildman–Crippen MR) is 92.7 cm³/mol. The molecule has 0 aliphatic heterocycles. The van der Waals surface area contributed by atoms with Crippen LogP contribution in [0.3, 0.4) is 0 Å². The zero-order valence-corrected chi connectivity index (χ0v) is 13.4. The number of rotatable bonds is 6. The van der Waals surface area contributed by atoms with E-state index in [1.54, 1.807) is 12.1 Å². The summed E-state index contributed by atoms with van der Waals surface area (Å²) < 4.78 is 18.3. The summed E-state index contributed by atoms with van der Waals surface area (Å²) >= 11 is 0. The van der Waals surface area contributed by atoms with Crippen molar-refractivity contribution in [3.05, 3.63) is 75.8 Å². The Morgan fingerprint density at radius 2 is 1.88 bits per heavy atom. The second-order valence-corrected chi connectivity index (χ2v) is 5.54. The van der Waals surface area contributed by atoms with E-state index < -0.39 is 0 Å². The van der Waals surface area contributed by atoms with Crippen LogP contribution in [0.2, 0.25) is 0 Å². The number of H-pyrrole nitrogens is 1. The lowest BCUT2D eigenvalue weighted by Gasteiger charge is -2.08. The molecule has 0 spiro atoms. The van der Waals surface area contributed by atoms with Crippen molar-refractivity contribution < 1.29 is 9.13 Å². The number of hydrogen-bond donors (Lipinski definition) is 2. The van der Waals surface area contributed by atoms with Crippen molar-refractivity contribution in [3.63, 3.8) is 0 Å². The minimum Gasteiger partial charge on any atom is -0.494 e. The Morgan fingerprint density at radius 1 is 1.08 bits per heavy atom. The molecule has 1 heterocycles. The first-order chi connectivity index (χ1) is 11.7. The number of nitrogens with one attached hydrogen (secondary N) is 2. The molecule has 2 N–H and O–H groups in total. The maximum absolute atomic E-state index is 12.9. The van der Waals surface area contributed by atoms with E-state index in [9.17, 15) is 9.18 Å². The molecule has 0 fully saturated rings. The van der Waals surface area contributed by atoms with E-state index in [1.165, 1.54) is 12.1 Å². The molecule has 0 aliphatic carbocycles. The van der Waals surface area contributed by atoms with E-state index in [-0.39, 0.29) is 11.4 Å². The molecule has 0 saturated heterocycles. The predicted octanol–water partition coefficient (Wildman–Crippen LogP) is 3.36. The average molecular weight is 326 g/mol. The second-order valence-electron chi connectivity index (χ2n) is 5.54.